The Balaban J connectivity index is 1.84. The summed E-state index contributed by atoms with van der Waals surface area (Å²) in [7, 11) is 0. The smallest absolute Gasteiger partial charge is 0.320 e. The average molecular weight is 293 g/mol. The van der Waals surface area contributed by atoms with E-state index in [-0.39, 0.29) is 6.04 Å². The van der Waals surface area contributed by atoms with E-state index in [1.54, 1.807) is 0 Å². The highest BCUT2D eigenvalue weighted by molar-refractivity contribution is 7.12. The number of hydrogen-bond acceptors (Lipinski definition) is 3. The van der Waals surface area contributed by atoms with Crippen LogP contribution in [0.15, 0.2) is 6.07 Å². The second-order valence-corrected chi connectivity index (χ2v) is 7.77. The molecular formula is C16H23NO2S. The lowest BCUT2D eigenvalue weighted by Crippen LogP contribution is -2.41. The predicted molar refractivity (Wildman–Crippen MR) is 81.1 cm³/mol. The summed E-state index contributed by atoms with van der Waals surface area (Å²) in [5.41, 5.74) is 1.32. The zero-order valence-corrected chi connectivity index (χ0v) is 13.1. The van der Waals surface area contributed by atoms with E-state index >= 15 is 0 Å². The van der Waals surface area contributed by atoms with Gasteiger partial charge in [-0.15, -0.1) is 11.3 Å². The molecule has 1 saturated carbocycles. The van der Waals surface area contributed by atoms with Crippen molar-refractivity contribution in [2.45, 2.75) is 64.6 Å². The largest absolute Gasteiger partial charge is 0.480 e. The van der Waals surface area contributed by atoms with Gasteiger partial charge in [0.2, 0.25) is 0 Å². The van der Waals surface area contributed by atoms with Crippen molar-refractivity contribution < 1.29 is 9.90 Å². The van der Waals surface area contributed by atoms with E-state index in [1.807, 2.05) is 11.3 Å². The van der Waals surface area contributed by atoms with Crippen molar-refractivity contribution in [3.63, 3.8) is 0 Å². The van der Waals surface area contributed by atoms with Gasteiger partial charge in [-0.1, -0.05) is 12.8 Å². The molecular weight excluding hydrogens is 270 g/mol. The van der Waals surface area contributed by atoms with Gasteiger partial charge in [0, 0.05) is 22.3 Å². The van der Waals surface area contributed by atoms with Gasteiger partial charge in [0.15, 0.2) is 0 Å². The zero-order valence-electron chi connectivity index (χ0n) is 12.3. The van der Waals surface area contributed by atoms with Crippen molar-refractivity contribution in [3.05, 3.63) is 21.4 Å². The lowest BCUT2D eigenvalue weighted by atomic mass is 9.84. The van der Waals surface area contributed by atoms with Crippen LogP contribution >= 0.6 is 11.3 Å². The Hall–Kier alpha value is -0.870. The van der Waals surface area contributed by atoms with E-state index in [4.69, 9.17) is 0 Å². The molecule has 1 saturated heterocycles. The highest BCUT2D eigenvalue weighted by Gasteiger charge is 2.45. The number of thiophene rings is 1. The minimum Gasteiger partial charge on any atom is -0.480 e. The normalized spacial score (nSPS) is 30.4. The van der Waals surface area contributed by atoms with Crippen LogP contribution in [0, 0.1) is 19.8 Å². The molecule has 20 heavy (non-hydrogen) atoms. The molecule has 2 fully saturated rings. The molecule has 1 aliphatic heterocycles. The van der Waals surface area contributed by atoms with Crippen molar-refractivity contribution >= 4 is 17.3 Å². The summed E-state index contributed by atoms with van der Waals surface area (Å²) in [5, 5.41) is 9.54. The molecule has 0 spiro atoms. The minimum atomic E-state index is -0.635. The van der Waals surface area contributed by atoms with E-state index < -0.39 is 5.97 Å². The van der Waals surface area contributed by atoms with Crippen LogP contribution in [-0.2, 0) is 11.3 Å². The fraction of sp³-hybridized carbons (Fsp3) is 0.688. The molecule has 2 heterocycles. The van der Waals surface area contributed by atoms with Gasteiger partial charge < -0.3 is 5.11 Å². The molecule has 1 aliphatic carbocycles. The van der Waals surface area contributed by atoms with Crippen LogP contribution in [-0.4, -0.2) is 28.1 Å². The topological polar surface area (TPSA) is 40.5 Å². The SMILES string of the molecule is Cc1cc(CN2[C@@H]3CCCC[C@@H]3C[C@H]2C(=O)O)c(C)s1. The average Bonchev–Trinajstić information content (AvgIpc) is 2.91. The quantitative estimate of drug-likeness (QED) is 0.926. The predicted octanol–water partition coefficient (Wildman–Crippen LogP) is 3.58. The first-order chi connectivity index (χ1) is 9.56. The number of hydrogen-bond donors (Lipinski definition) is 1. The first-order valence-electron chi connectivity index (χ1n) is 7.60. The van der Waals surface area contributed by atoms with E-state index in [2.05, 4.69) is 24.8 Å². The molecule has 2 aliphatic rings. The Bertz CT molecular complexity index is 511. The fourth-order valence-corrected chi connectivity index (χ4v) is 5.00. The highest BCUT2D eigenvalue weighted by atomic mass is 32.1. The standard InChI is InChI=1S/C16H23NO2S/c1-10-7-13(11(2)20-10)9-17-14-6-4-3-5-12(14)8-15(17)16(18)19/h7,12,14-15H,3-6,8-9H2,1-2H3,(H,18,19)/t12-,14-,15+/m1/s1. The number of aliphatic carboxylic acids is 1. The summed E-state index contributed by atoms with van der Waals surface area (Å²) < 4.78 is 0. The second-order valence-electron chi connectivity index (χ2n) is 6.31. The van der Waals surface area contributed by atoms with Crippen molar-refractivity contribution in [2.75, 3.05) is 0 Å². The van der Waals surface area contributed by atoms with Crippen LogP contribution in [0.2, 0.25) is 0 Å². The van der Waals surface area contributed by atoms with Crippen molar-refractivity contribution in [1.82, 2.24) is 4.90 Å². The van der Waals surface area contributed by atoms with Crippen LogP contribution < -0.4 is 0 Å². The summed E-state index contributed by atoms with van der Waals surface area (Å²) in [6, 6.07) is 2.45. The van der Waals surface area contributed by atoms with Crippen LogP contribution in [0.25, 0.3) is 0 Å². The van der Waals surface area contributed by atoms with Crippen molar-refractivity contribution in [2.24, 2.45) is 5.92 Å². The van der Waals surface area contributed by atoms with Crippen LogP contribution in [0.1, 0.15) is 47.4 Å². The van der Waals surface area contributed by atoms with Crippen LogP contribution in [0.4, 0.5) is 0 Å². The summed E-state index contributed by atoms with van der Waals surface area (Å²) in [5.74, 6) is -0.0334. The van der Waals surface area contributed by atoms with Gasteiger partial charge in [0.05, 0.1) is 0 Å². The lowest BCUT2D eigenvalue weighted by Gasteiger charge is -2.33. The molecule has 3 rings (SSSR count). The summed E-state index contributed by atoms with van der Waals surface area (Å²) in [6.45, 7) is 5.09. The molecule has 1 aromatic rings. The van der Waals surface area contributed by atoms with Crippen molar-refractivity contribution in [1.29, 1.82) is 0 Å². The zero-order chi connectivity index (χ0) is 14.3. The Morgan fingerprint density at radius 3 is 2.80 bits per heavy atom. The maximum atomic E-state index is 11.6. The van der Waals surface area contributed by atoms with Gasteiger partial charge in [-0.2, -0.15) is 0 Å². The number of fused-ring (bicyclic) bond motifs is 1. The number of aryl methyl sites for hydroxylation is 2. The van der Waals surface area contributed by atoms with Gasteiger partial charge >= 0.3 is 5.97 Å². The number of carboxylic acid groups (broad SMARTS) is 1. The molecule has 0 amide bonds. The van der Waals surface area contributed by atoms with Gasteiger partial charge in [-0.25, -0.2) is 0 Å². The number of carbonyl (C=O) groups is 1. The van der Waals surface area contributed by atoms with Gasteiger partial charge in [-0.3, -0.25) is 9.69 Å². The van der Waals surface area contributed by atoms with Crippen LogP contribution in [0.5, 0.6) is 0 Å². The van der Waals surface area contributed by atoms with Gasteiger partial charge in [0.25, 0.3) is 0 Å². The van der Waals surface area contributed by atoms with Crippen LogP contribution in [0.3, 0.4) is 0 Å². The first kappa shape index (κ1) is 14.1. The number of carboxylic acids is 1. The third-order valence-corrected chi connectivity index (χ3v) is 6.01. The molecule has 110 valence electrons. The molecule has 0 bridgehead atoms. The van der Waals surface area contributed by atoms with E-state index in [0.717, 1.165) is 13.0 Å². The maximum absolute atomic E-state index is 11.6. The van der Waals surface area contributed by atoms with E-state index in [0.29, 0.717) is 12.0 Å². The minimum absolute atomic E-state index is 0.275. The summed E-state index contributed by atoms with van der Waals surface area (Å²) >= 11 is 1.82. The Kier molecular flexibility index (Phi) is 3.87. The number of likely N-dealkylation sites (tertiary alicyclic amines) is 1. The second kappa shape index (κ2) is 5.49. The first-order valence-corrected chi connectivity index (χ1v) is 8.42. The molecule has 1 N–H and O–H groups in total. The number of rotatable bonds is 3. The van der Waals surface area contributed by atoms with Gasteiger partial charge in [0.1, 0.15) is 6.04 Å². The maximum Gasteiger partial charge on any atom is 0.320 e. The Morgan fingerprint density at radius 2 is 2.15 bits per heavy atom. The molecule has 1 aromatic heterocycles. The Labute approximate surface area is 124 Å². The third kappa shape index (κ3) is 2.51. The molecule has 0 aromatic carbocycles. The molecule has 3 atom stereocenters. The molecule has 0 radical (unpaired) electrons. The van der Waals surface area contributed by atoms with E-state index in [9.17, 15) is 9.90 Å². The molecule has 0 unspecified atom stereocenters. The number of nitrogens with zero attached hydrogens (tertiary/aromatic N) is 1. The van der Waals surface area contributed by atoms with Gasteiger partial charge in [-0.05, 0) is 50.7 Å². The Morgan fingerprint density at radius 1 is 1.40 bits per heavy atom. The summed E-state index contributed by atoms with van der Waals surface area (Å²) in [6.07, 6.45) is 5.77. The van der Waals surface area contributed by atoms with Crippen molar-refractivity contribution in [3.8, 4) is 0 Å². The fourth-order valence-electron chi connectivity index (χ4n) is 4.06. The van der Waals surface area contributed by atoms with E-state index in [1.165, 1.54) is 41.0 Å². The molecule has 4 heteroatoms. The monoisotopic (exact) mass is 293 g/mol. The summed E-state index contributed by atoms with van der Waals surface area (Å²) in [4.78, 5) is 16.5. The highest BCUT2D eigenvalue weighted by Crippen LogP contribution is 2.41. The third-order valence-electron chi connectivity index (χ3n) is 5.00. The molecule has 3 nitrogen and oxygen atoms in total. The lowest BCUT2D eigenvalue weighted by molar-refractivity contribution is -0.142.